The highest BCUT2D eigenvalue weighted by Crippen LogP contribution is 2.17. The number of aromatic nitrogens is 1. The maximum absolute atomic E-state index is 11.6. The number of carbonyl (C=O) groups is 1. The molecule has 0 spiro atoms. The van der Waals surface area contributed by atoms with Gasteiger partial charge in [-0.05, 0) is 23.6 Å². The van der Waals surface area contributed by atoms with Crippen LogP contribution >= 0.6 is 23.1 Å². The minimum atomic E-state index is 0.0257. The number of hydrogen-bond donors (Lipinski definition) is 1. The number of nitrogens with one attached hydrogen (secondary N) is 1. The Bertz CT molecular complexity index is 457. The fraction of sp³-hybridized carbons (Fsp3) is 0.167. The Kier molecular flexibility index (Phi) is 4.58. The fourth-order valence-corrected chi connectivity index (χ4v) is 2.94. The number of pyridine rings is 1. The minimum Gasteiger partial charge on any atom is -0.325 e. The molecule has 0 aromatic carbocycles. The van der Waals surface area contributed by atoms with E-state index in [0.29, 0.717) is 5.75 Å². The molecule has 0 aliphatic carbocycles. The lowest BCUT2D eigenvalue weighted by molar-refractivity contribution is -0.113. The largest absolute Gasteiger partial charge is 0.325 e. The van der Waals surface area contributed by atoms with Crippen LogP contribution in [0.1, 0.15) is 4.88 Å². The van der Waals surface area contributed by atoms with Crippen LogP contribution in [-0.4, -0.2) is 16.6 Å². The fourth-order valence-electron chi connectivity index (χ4n) is 1.27. The third-order valence-corrected chi connectivity index (χ3v) is 4.06. The van der Waals surface area contributed by atoms with E-state index in [2.05, 4.69) is 16.4 Å². The molecule has 1 N–H and O–H groups in total. The molecule has 0 radical (unpaired) electrons. The smallest absolute Gasteiger partial charge is 0.234 e. The predicted octanol–water partition coefficient (Wildman–Crippen LogP) is 3.02. The minimum absolute atomic E-state index is 0.0257. The third-order valence-electron chi connectivity index (χ3n) is 2.02. The maximum atomic E-state index is 11.6. The average molecular weight is 264 g/mol. The average Bonchev–Trinajstić information content (AvgIpc) is 2.83. The quantitative estimate of drug-likeness (QED) is 0.902. The van der Waals surface area contributed by atoms with E-state index in [9.17, 15) is 4.79 Å². The van der Waals surface area contributed by atoms with E-state index >= 15 is 0 Å². The molecule has 88 valence electrons. The van der Waals surface area contributed by atoms with E-state index in [0.717, 1.165) is 11.4 Å². The monoisotopic (exact) mass is 264 g/mol. The van der Waals surface area contributed by atoms with E-state index < -0.39 is 0 Å². The second kappa shape index (κ2) is 6.42. The van der Waals surface area contributed by atoms with Crippen molar-refractivity contribution < 1.29 is 4.79 Å². The zero-order valence-electron chi connectivity index (χ0n) is 9.13. The van der Waals surface area contributed by atoms with E-state index in [-0.39, 0.29) is 5.91 Å². The Morgan fingerprint density at radius 2 is 2.18 bits per heavy atom. The summed E-state index contributed by atoms with van der Waals surface area (Å²) in [5, 5.41) is 4.87. The summed E-state index contributed by atoms with van der Waals surface area (Å²) < 4.78 is 0. The number of nitrogens with zero attached hydrogens (tertiary/aromatic N) is 1. The van der Waals surface area contributed by atoms with Crippen molar-refractivity contribution in [1.29, 1.82) is 0 Å². The number of thiophene rings is 1. The summed E-state index contributed by atoms with van der Waals surface area (Å²) in [5.74, 6) is 1.39. The summed E-state index contributed by atoms with van der Waals surface area (Å²) in [4.78, 5) is 16.8. The zero-order chi connectivity index (χ0) is 11.9. The first-order valence-corrected chi connectivity index (χ1v) is 7.18. The van der Waals surface area contributed by atoms with E-state index in [1.54, 1.807) is 47.6 Å². The highest BCUT2D eigenvalue weighted by molar-refractivity contribution is 7.99. The molecule has 3 nitrogen and oxygen atoms in total. The highest BCUT2D eigenvalue weighted by atomic mass is 32.2. The molecule has 0 saturated carbocycles. The molecule has 0 saturated heterocycles. The van der Waals surface area contributed by atoms with Gasteiger partial charge in [0.2, 0.25) is 5.91 Å². The number of hydrogen-bond acceptors (Lipinski definition) is 4. The van der Waals surface area contributed by atoms with Crippen LogP contribution in [0.25, 0.3) is 0 Å². The summed E-state index contributed by atoms with van der Waals surface area (Å²) in [6, 6.07) is 7.67. The number of carbonyl (C=O) groups excluding carboxylic acids is 1. The lowest BCUT2D eigenvalue weighted by Crippen LogP contribution is -2.13. The van der Waals surface area contributed by atoms with Crippen molar-refractivity contribution in [2.75, 3.05) is 11.1 Å². The topological polar surface area (TPSA) is 42.0 Å². The first-order chi connectivity index (χ1) is 8.34. The predicted molar refractivity (Wildman–Crippen MR) is 73.3 cm³/mol. The van der Waals surface area contributed by atoms with Gasteiger partial charge in [-0.3, -0.25) is 9.78 Å². The van der Waals surface area contributed by atoms with Gasteiger partial charge in [0.1, 0.15) is 0 Å². The molecule has 0 atom stereocenters. The van der Waals surface area contributed by atoms with Gasteiger partial charge in [-0.25, -0.2) is 0 Å². The van der Waals surface area contributed by atoms with Crippen LogP contribution in [0, 0.1) is 0 Å². The number of amides is 1. The van der Waals surface area contributed by atoms with Crippen molar-refractivity contribution in [2.24, 2.45) is 0 Å². The van der Waals surface area contributed by atoms with Crippen LogP contribution in [0.2, 0.25) is 0 Å². The molecule has 0 bridgehead atoms. The lowest BCUT2D eigenvalue weighted by atomic mass is 10.4. The standard InChI is InChI=1S/C12H12N2OS2/c15-12(14-10-3-5-13-6-4-10)9-16-8-11-2-1-7-17-11/h1-7H,8-9H2,(H,13,14,15). The van der Waals surface area contributed by atoms with Gasteiger partial charge < -0.3 is 5.32 Å². The van der Waals surface area contributed by atoms with Crippen LogP contribution in [0.5, 0.6) is 0 Å². The number of thioether (sulfide) groups is 1. The Morgan fingerprint density at radius 1 is 1.35 bits per heavy atom. The Labute approximate surface area is 108 Å². The van der Waals surface area contributed by atoms with Crippen molar-refractivity contribution in [2.45, 2.75) is 5.75 Å². The molecule has 0 unspecified atom stereocenters. The Morgan fingerprint density at radius 3 is 2.88 bits per heavy atom. The molecule has 2 aromatic rings. The molecule has 1 amide bonds. The summed E-state index contributed by atoms with van der Waals surface area (Å²) >= 11 is 3.34. The van der Waals surface area contributed by atoms with Crippen molar-refractivity contribution in [3.63, 3.8) is 0 Å². The van der Waals surface area contributed by atoms with Gasteiger partial charge in [0, 0.05) is 28.7 Å². The zero-order valence-corrected chi connectivity index (χ0v) is 10.8. The van der Waals surface area contributed by atoms with E-state index in [1.807, 2.05) is 11.4 Å². The molecule has 0 aliphatic heterocycles. The maximum Gasteiger partial charge on any atom is 0.234 e. The summed E-state index contributed by atoms with van der Waals surface area (Å²) in [7, 11) is 0. The van der Waals surface area contributed by atoms with E-state index in [4.69, 9.17) is 0 Å². The second-order valence-corrected chi connectivity index (χ2v) is 5.37. The van der Waals surface area contributed by atoms with Gasteiger partial charge in [0.15, 0.2) is 0 Å². The second-order valence-electron chi connectivity index (χ2n) is 3.36. The summed E-state index contributed by atoms with van der Waals surface area (Å²) in [5.41, 5.74) is 0.793. The normalized spacial score (nSPS) is 10.1. The molecule has 2 rings (SSSR count). The summed E-state index contributed by atoms with van der Waals surface area (Å²) in [6.45, 7) is 0. The van der Waals surface area contributed by atoms with Gasteiger partial charge in [0.05, 0.1) is 5.75 Å². The van der Waals surface area contributed by atoms with Crippen LogP contribution in [0.3, 0.4) is 0 Å². The van der Waals surface area contributed by atoms with Gasteiger partial charge >= 0.3 is 0 Å². The van der Waals surface area contributed by atoms with Crippen LogP contribution in [0.4, 0.5) is 5.69 Å². The number of anilines is 1. The van der Waals surface area contributed by atoms with Crippen molar-refractivity contribution in [3.05, 3.63) is 46.9 Å². The van der Waals surface area contributed by atoms with Gasteiger partial charge in [0.25, 0.3) is 0 Å². The van der Waals surface area contributed by atoms with Crippen LogP contribution in [0.15, 0.2) is 42.0 Å². The Balaban J connectivity index is 1.71. The molecule has 5 heteroatoms. The Hall–Kier alpha value is -1.33. The van der Waals surface area contributed by atoms with Crippen LogP contribution in [-0.2, 0) is 10.5 Å². The SMILES string of the molecule is O=C(CSCc1cccs1)Nc1ccncc1. The lowest BCUT2D eigenvalue weighted by Gasteiger charge is -2.03. The third kappa shape index (κ3) is 4.20. The molecule has 2 aromatic heterocycles. The highest BCUT2D eigenvalue weighted by Gasteiger charge is 2.02. The van der Waals surface area contributed by atoms with E-state index in [1.165, 1.54) is 4.88 Å². The number of rotatable bonds is 5. The molecule has 0 fully saturated rings. The molecule has 2 heterocycles. The van der Waals surface area contributed by atoms with Crippen molar-refractivity contribution in [1.82, 2.24) is 4.98 Å². The van der Waals surface area contributed by atoms with Gasteiger partial charge in [-0.2, -0.15) is 0 Å². The first kappa shape index (κ1) is 12.1. The first-order valence-electron chi connectivity index (χ1n) is 5.14. The molecular formula is C12H12N2OS2. The summed E-state index contributed by atoms with van der Waals surface area (Å²) in [6.07, 6.45) is 3.32. The van der Waals surface area contributed by atoms with Gasteiger partial charge in [-0.1, -0.05) is 6.07 Å². The van der Waals surface area contributed by atoms with Crippen LogP contribution < -0.4 is 5.32 Å². The molecule has 0 aliphatic rings. The van der Waals surface area contributed by atoms with Gasteiger partial charge in [-0.15, -0.1) is 23.1 Å². The van der Waals surface area contributed by atoms with Crippen molar-refractivity contribution in [3.8, 4) is 0 Å². The molecule has 17 heavy (non-hydrogen) atoms. The van der Waals surface area contributed by atoms with Crippen molar-refractivity contribution >= 4 is 34.7 Å². The molecular weight excluding hydrogens is 252 g/mol.